The van der Waals surface area contributed by atoms with Gasteiger partial charge in [0.2, 0.25) is 0 Å². The Kier molecular flexibility index (Phi) is 5.74. The van der Waals surface area contributed by atoms with Crippen LogP contribution in [0.2, 0.25) is 0 Å². The van der Waals surface area contributed by atoms with E-state index >= 15 is 0 Å². The second-order valence-electron chi connectivity index (χ2n) is 15.9. The molecule has 0 radical (unpaired) electrons. The van der Waals surface area contributed by atoms with Crippen molar-refractivity contribution in [3.8, 4) is 55.9 Å². The summed E-state index contributed by atoms with van der Waals surface area (Å²) in [5, 5.41) is 3.44. The molecule has 0 amide bonds. The lowest BCUT2D eigenvalue weighted by molar-refractivity contribution is 0.660. The number of hydrogen-bond acceptors (Lipinski definition) is 0. The third-order valence-corrected chi connectivity index (χ3v) is 12.3. The Hall–Kier alpha value is -7.42. The van der Waals surface area contributed by atoms with Gasteiger partial charge in [-0.25, -0.2) is 0 Å². The SMILES string of the molecule is [2H]c1c([2H])c([2H])c(-c2cccc3c2-c2ccc(-n4c5ccccc5c5c([2H])c(-c6ccc7c(c6)c6ccccc6n7-c6ccc(-c7ccccc7)cc6)c([2H])c([2H])c54)cc2C3(C)C)c([2H])c1[2H]. The molecule has 0 spiro atoms. The summed E-state index contributed by atoms with van der Waals surface area (Å²) in [6.07, 6.45) is 0. The predicted molar refractivity (Wildman–Crippen MR) is 249 cm³/mol. The van der Waals surface area contributed by atoms with Crippen LogP contribution in [0.4, 0.5) is 0 Å². The van der Waals surface area contributed by atoms with Crippen molar-refractivity contribution >= 4 is 43.6 Å². The first-order valence-corrected chi connectivity index (χ1v) is 19.9. The van der Waals surface area contributed by atoms with E-state index in [-0.39, 0.29) is 47.9 Å². The van der Waals surface area contributed by atoms with Crippen molar-refractivity contribution in [2.24, 2.45) is 0 Å². The fourth-order valence-electron chi connectivity index (χ4n) is 9.52. The van der Waals surface area contributed by atoms with Crippen LogP contribution in [0, 0.1) is 0 Å². The van der Waals surface area contributed by atoms with Gasteiger partial charge in [-0.3, -0.25) is 0 Å². The van der Waals surface area contributed by atoms with Crippen LogP contribution in [0.5, 0.6) is 0 Å². The highest BCUT2D eigenvalue weighted by atomic mass is 15.0. The van der Waals surface area contributed by atoms with Gasteiger partial charge in [-0.05, 0) is 116 Å². The van der Waals surface area contributed by atoms with Crippen LogP contribution in [-0.4, -0.2) is 9.13 Å². The molecule has 9 aromatic carbocycles. The van der Waals surface area contributed by atoms with E-state index in [4.69, 9.17) is 6.85 Å². The molecule has 0 saturated carbocycles. The first-order chi connectivity index (χ1) is 32.4. The minimum absolute atomic E-state index is 0.0183. The van der Waals surface area contributed by atoms with Gasteiger partial charge in [0.05, 0.1) is 33.0 Å². The summed E-state index contributed by atoms with van der Waals surface area (Å²) in [5.41, 5.74) is 12.4. The van der Waals surface area contributed by atoms with Crippen LogP contribution in [0.15, 0.2) is 206 Å². The molecule has 1 aliphatic carbocycles. The summed E-state index contributed by atoms with van der Waals surface area (Å²) in [4.78, 5) is 0. The van der Waals surface area contributed by atoms with Crippen LogP contribution in [0.3, 0.4) is 0 Å². The van der Waals surface area contributed by atoms with Crippen molar-refractivity contribution in [3.63, 3.8) is 0 Å². The summed E-state index contributed by atoms with van der Waals surface area (Å²) in [7, 11) is 0. The number of aromatic nitrogens is 2. The molecule has 0 N–H and O–H groups in total. The third-order valence-electron chi connectivity index (χ3n) is 12.3. The van der Waals surface area contributed by atoms with Gasteiger partial charge in [0.1, 0.15) is 0 Å². The van der Waals surface area contributed by atoms with Gasteiger partial charge in [-0.15, -0.1) is 0 Å². The summed E-state index contributed by atoms with van der Waals surface area (Å²) in [6, 6.07) is 51.5. The molecule has 0 saturated heterocycles. The van der Waals surface area contributed by atoms with Gasteiger partial charge in [0, 0.05) is 38.3 Å². The first kappa shape index (κ1) is 26.5. The molecule has 11 aromatic rings. The molecule has 12 rings (SSSR count). The second-order valence-corrected chi connectivity index (χ2v) is 15.9. The van der Waals surface area contributed by atoms with Gasteiger partial charge in [0.25, 0.3) is 0 Å². The van der Waals surface area contributed by atoms with E-state index in [9.17, 15) is 4.11 Å². The Balaban J connectivity index is 1.02. The Morgan fingerprint density at radius 3 is 1.81 bits per heavy atom. The highest BCUT2D eigenvalue weighted by Gasteiger charge is 2.37. The van der Waals surface area contributed by atoms with Gasteiger partial charge in [-0.2, -0.15) is 0 Å². The van der Waals surface area contributed by atoms with Crippen molar-refractivity contribution in [3.05, 3.63) is 217 Å². The number of nitrogens with zero attached hydrogens (tertiary/aromatic N) is 2. The third kappa shape index (κ3) is 5.06. The van der Waals surface area contributed by atoms with Crippen molar-refractivity contribution in [2.75, 3.05) is 0 Å². The Bertz CT molecular complexity index is 3890. The summed E-state index contributed by atoms with van der Waals surface area (Å²) in [6.45, 7) is 4.25. The Morgan fingerprint density at radius 1 is 0.390 bits per heavy atom. The number of benzene rings is 9. The van der Waals surface area contributed by atoms with E-state index < -0.39 is 11.5 Å². The topological polar surface area (TPSA) is 9.86 Å². The quantitative estimate of drug-likeness (QED) is 0.165. The molecule has 0 aliphatic heterocycles. The van der Waals surface area contributed by atoms with Crippen LogP contribution < -0.4 is 0 Å². The fraction of sp³-hybridized carbons (Fsp3) is 0.0526. The van der Waals surface area contributed by atoms with E-state index in [1.807, 2.05) is 95.6 Å². The van der Waals surface area contributed by atoms with Crippen LogP contribution in [-0.2, 0) is 5.41 Å². The zero-order valence-corrected chi connectivity index (χ0v) is 32.4. The molecule has 0 atom stereocenters. The largest absolute Gasteiger partial charge is 0.309 e. The maximum atomic E-state index is 9.94. The van der Waals surface area contributed by atoms with Crippen molar-refractivity contribution in [1.82, 2.24) is 9.13 Å². The molecule has 278 valence electrons. The molecule has 0 unspecified atom stereocenters. The smallest absolute Gasteiger partial charge is 0.0645 e. The van der Waals surface area contributed by atoms with Crippen molar-refractivity contribution in [1.29, 1.82) is 0 Å². The second kappa shape index (κ2) is 12.8. The molecule has 2 heterocycles. The molecule has 59 heavy (non-hydrogen) atoms. The van der Waals surface area contributed by atoms with E-state index in [0.717, 1.165) is 77.5 Å². The molecule has 2 heteroatoms. The number of rotatable bonds is 5. The average molecular weight is 761 g/mol. The van der Waals surface area contributed by atoms with Gasteiger partial charge >= 0.3 is 0 Å². The number of fused-ring (bicyclic) bond motifs is 9. The molecular formula is C57H40N2. The zero-order chi connectivity index (χ0) is 46.2. The fourth-order valence-corrected chi connectivity index (χ4v) is 9.52. The van der Waals surface area contributed by atoms with E-state index in [0.29, 0.717) is 27.6 Å². The molecule has 0 fully saturated rings. The lowest BCUT2D eigenvalue weighted by Gasteiger charge is -2.22. The standard InChI is InChI=1S/C57H40N2/c1-57(2)50-21-13-20-44(39-16-7-4-8-17-39)56(50)47-31-30-43(36-51(47)57)59-53-23-12-10-19-46(53)49-35-41(27-33-55(49)59)40-26-32-54-48(34-40)45-18-9-11-22-52(45)58(54)42-28-24-38(25-29-42)37-14-5-3-6-15-37/h3-36H,1-2H3/i4D,7D,8D,16D,17D,27D,33D,35D. The highest BCUT2D eigenvalue weighted by Crippen LogP contribution is 2.53. The summed E-state index contributed by atoms with van der Waals surface area (Å²) in [5.74, 6) is 0. The van der Waals surface area contributed by atoms with Crippen molar-refractivity contribution in [2.45, 2.75) is 19.3 Å². The zero-order valence-electron chi connectivity index (χ0n) is 40.4. The van der Waals surface area contributed by atoms with E-state index in [1.54, 1.807) is 0 Å². The molecule has 0 bridgehead atoms. The minimum Gasteiger partial charge on any atom is -0.309 e. The maximum absolute atomic E-state index is 9.94. The number of hydrogen-bond donors (Lipinski definition) is 0. The predicted octanol–water partition coefficient (Wildman–Crippen LogP) is 15.2. The molecule has 1 aliphatic rings. The Labute approximate surface area is 355 Å². The Morgan fingerprint density at radius 2 is 1.03 bits per heavy atom. The minimum atomic E-state index is -0.547. The van der Waals surface area contributed by atoms with Gasteiger partial charge < -0.3 is 9.13 Å². The maximum Gasteiger partial charge on any atom is 0.0645 e. The lowest BCUT2D eigenvalue weighted by atomic mass is 9.82. The van der Waals surface area contributed by atoms with Gasteiger partial charge in [0.15, 0.2) is 0 Å². The van der Waals surface area contributed by atoms with Gasteiger partial charge in [-0.1, -0.05) is 159 Å². The first-order valence-electron chi connectivity index (χ1n) is 23.9. The molecule has 2 aromatic heterocycles. The summed E-state index contributed by atoms with van der Waals surface area (Å²) >= 11 is 0. The van der Waals surface area contributed by atoms with Crippen molar-refractivity contribution < 1.29 is 11.0 Å². The monoisotopic (exact) mass is 760 g/mol. The van der Waals surface area contributed by atoms with Crippen LogP contribution in [0.1, 0.15) is 35.9 Å². The van der Waals surface area contributed by atoms with E-state index in [1.165, 1.54) is 0 Å². The van der Waals surface area contributed by atoms with E-state index in [2.05, 4.69) is 85.1 Å². The molecular weight excluding hydrogens is 713 g/mol. The lowest BCUT2D eigenvalue weighted by Crippen LogP contribution is -2.15. The molecule has 2 nitrogen and oxygen atoms in total. The van der Waals surface area contributed by atoms with Crippen LogP contribution >= 0.6 is 0 Å². The van der Waals surface area contributed by atoms with Crippen LogP contribution in [0.25, 0.3) is 99.5 Å². The summed E-state index contributed by atoms with van der Waals surface area (Å²) < 4.78 is 76.3. The normalized spacial score (nSPS) is 14.9. The highest BCUT2D eigenvalue weighted by molar-refractivity contribution is 6.13. The average Bonchev–Trinajstić information content (AvgIpc) is 3.96. The number of para-hydroxylation sites is 2.